The molecule has 0 radical (unpaired) electrons. The Morgan fingerprint density at radius 2 is 2.12 bits per heavy atom. The molecule has 2 aromatic heterocycles. The number of ether oxygens (including phenoxy) is 1. The minimum Gasteiger partial charge on any atom is -0.378 e. The molecule has 1 aliphatic heterocycles. The number of hydrogen-bond donors (Lipinski definition) is 1. The number of benzene rings is 1. The van der Waals surface area contributed by atoms with Crippen LogP contribution in [0.1, 0.15) is 0 Å². The highest BCUT2D eigenvalue weighted by Crippen LogP contribution is 2.27. The molecule has 8 heteroatoms. The second-order valence-corrected chi connectivity index (χ2v) is 6.56. The zero-order chi connectivity index (χ0) is 16.4. The molecule has 1 amide bonds. The minimum absolute atomic E-state index is 0.0629. The van der Waals surface area contributed by atoms with Gasteiger partial charge in [-0.2, -0.15) is 5.10 Å². The van der Waals surface area contributed by atoms with E-state index in [0.29, 0.717) is 26.3 Å². The van der Waals surface area contributed by atoms with Gasteiger partial charge in [-0.3, -0.25) is 9.48 Å². The number of nitrogens with zero attached hydrogens (tertiary/aromatic N) is 4. The maximum absolute atomic E-state index is 12.2. The Morgan fingerprint density at radius 1 is 1.29 bits per heavy atom. The summed E-state index contributed by atoms with van der Waals surface area (Å²) < 4.78 is 8.04. The number of fused-ring (bicyclic) bond motifs is 1. The molecule has 1 aromatic carbocycles. The van der Waals surface area contributed by atoms with E-state index >= 15 is 0 Å². The second kappa shape index (κ2) is 6.58. The predicted molar refractivity (Wildman–Crippen MR) is 92.5 cm³/mol. The Labute approximate surface area is 142 Å². The van der Waals surface area contributed by atoms with Gasteiger partial charge in [0.1, 0.15) is 6.54 Å². The molecule has 1 fully saturated rings. The molecule has 0 atom stereocenters. The third-order valence-electron chi connectivity index (χ3n) is 3.84. The van der Waals surface area contributed by atoms with Gasteiger partial charge < -0.3 is 15.0 Å². The molecular formula is C16H17N5O2S. The van der Waals surface area contributed by atoms with Crippen molar-refractivity contribution in [2.45, 2.75) is 6.54 Å². The summed E-state index contributed by atoms with van der Waals surface area (Å²) in [7, 11) is 0. The minimum atomic E-state index is 0.0629. The molecule has 3 aromatic rings. The summed E-state index contributed by atoms with van der Waals surface area (Å²) in [6.07, 6.45) is 3.53. The summed E-state index contributed by atoms with van der Waals surface area (Å²) in [5.41, 5.74) is 1.80. The van der Waals surface area contributed by atoms with Crippen molar-refractivity contribution in [1.29, 1.82) is 0 Å². The van der Waals surface area contributed by atoms with Gasteiger partial charge in [-0.1, -0.05) is 23.5 Å². The van der Waals surface area contributed by atoms with Crippen LogP contribution in [0.3, 0.4) is 0 Å². The van der Waals surface area contributed by atoms with Crippen LogP contribution in [0.4, 0.5) is 10.8 Å². The van der Waals surface area contributed by atoms with Crippen molar-refractivity contribution < 1.29 is 9.53 Å². The van der Waals surface area contributed by atoms with Crippen LogP contribution in [0.2, 0.25) is 0 Å². The summed E-state index contributed by atoms with van der Waals surface area (Å²) in [6, 6.07) is 8.00. The van der Waals surface area contributed by atoms with Crippen molar-refractivity contribution in [3.05, 3.63) is 36.7 Å². The number of aromatic nitrogens is 3. The van der Waals surface area contributed by atoms with Crippen molar-refractivity contribution in [2.75, 3.05) is 31.6 Å². The Bertz CT molecular complexity index is 820. The lowest BCUT2D eigenvalue weighted by molar-refractivity contribution is -0.136. The van der Waals surface area contributed by atoms with Crippen molar-refractivity contribution in [3.63, 3.8) is 0 Å². The molecule has 0 spiro atoms. The zero-order valence-electron chi connectivity index (χ0n) is 13.0. The number of amides is 1. The van der Waals surface area contributed by atoms with Gasteiger partial charge >= 0.3 is 0 Å². The smallest absolute Gasteiger partial charge is 0.244 e. The summed E-state index contributed by atoms with van der Waals surface area (Å²) >= 11 is 1.59. The summed E-state index contributed by atoms with van der Waals surface area (Å²) in [6.45, 7) is 2.75. The molecule has 0 bridgehead atoms. The van der Waals surface area contributed by atoms with Gasteiger partial charge in [0.25, 0.3) is 0 Å². The normalized spacial score (nSPS) is 14.9. The van der Waals surface area contributed by atoms with Gasteiger partial charge in [0.15, 0.2) is 5.13 Å². The number of anilines is 2. The average molecular weight is 343 g/mol. The van der Waals surface area contributed by atoms with Gasteiger partial charge in [0.05, 0.1) is 35.3 Å². The molecule has 124 valence electrons. The van der Waals surface area contributed by atoms with Gasteiger partial charge in [-0.05, 0) is 12.1 Å². The van der Waals surface area contributed by atoms with E-state index in [2.05, 4.69) is 15.4 Å². The first-order valence-electron chi connectivity index (χ1n) is 7.78. The second-order valence-electron chi connectivity index (χ2n) is 5.53. The molecule has 0 unspecified atom stereocenters. The lowest BCUT2D eigenvalue weighted by Gasteiger charge is -2.26. The lowest BCUT2D eigenvalue weighted by Crippen LogP contribution is -2.42. The fourth-order valence-electron chi connectivity index (χ4n) is 2.62. The number of rotatable bonds is 4. The third-order valence-corrected chi connectivity index (χ3v) is 4.79. The quantitative estimate of drug-likeness (QED) is 0.785. The number of nitrogens with one attached hydrogen (secondary N) is 1. The first kappa shape index (κ1) is 15.1. The number of para-hydroxylation sites is 1. The van der Waals surface area contributed by atoms with Gasteiger partial charge in [-0.25, -0.2) is 4.98 Å². The van der Waals surface area contributed by atoms with Crippen LogP contribution in [-0.4, -0.2) is 51.9 Å². The summed E-state index contributed by atoms with van der Waals surface area (Å²) in [4.78, 5) is 18.6. The predicted octanol–water partition coefficient (Wildman–Crippen LogP) is 2.10. The van der Waals surface area contributed by atoms with Crippen LogP contribution in [0.25, 0.3) is 10.2 Å². The Morgan fingerprint density at radius 3 is 2.96 bits per heavy atom. The van der Waals surface area contributed by atoms with E-state index in [0.717, 1.165) is 21.0 Å². The molecule has 4 rings (SSSR count). The van der Waals surface area contributed by atoms with Crippen molar-refractivity contribution in [2.24, 2.45) is 0 Å². The molecule has 1 saturated heterocycles. The van der Waals surface area contributed by atoms with E-state index in [1.807, 2.05) is 35.4 Å². The molecule has 7 nitrogen and oxygen atoms in total. The van der Waals surface area contributed by atoms with E-state index in [4.69, 9.17) is 4.74 Å². The maximum Gasteiger partial charge on any atom is 0.244 e. The fraction of sp³-hybridized carbons (Fsp3) is 0.312. The van der Waals surface area contributed by atoms with Crippen LogP contribution in [-0.2, 0) is 16.1 Å². The molecule has 24 heavy (non-hydrogen) atoms. The average Bonchev–Trinajstić information content (AvgIpc) is 3.22. The van der Waals surface area contributed by atoms with E-state index in [1.54, 1.807) is 22.2 Å². The Kier molecular flexibility index (Phi) is 4.14. The number of thiazole rings is 1. The van der Waals surface area contributed by atoms with Crippen LogP contribution in [0.15, 0.2) is 36.7 Å². The van der Waals surface area contributed by atoms with E-state index in [-0.39, 0.29) is 12.5 Å². The fourth-order valence-corrected chi connectivity index (χ4v) is 3.50. The van der Waals surface area contributed by atoms with Gasteiger partial charge in [-0.15, -0.1) is 0 Å². The molecule has 1 N–H and O–H groups in total. The van der Waals surface area contributed by atoms with Crippen LogP contribution >= 0.6 is 11.3 Å². The summed E-state index contributed by atoms with van der Waals surface area (Å²) in [5, 5.41) is 8.31. The molecular weight excluding hydrogens is 326 g/mol. The van der Waals surface area contributed by atoms with E-state index < -0.39 is 0 Å². The monoisotopic (exact) mass is 343 g/mol. The largest absolute Gasteiger partial charge is 0.378 e. The van der Waals surface area contributed by atoms with Gasteiger partial charge in [0, 0.05) is 19.3 Å². The Balaban J connectivity index is 1.41. The van der Waals surface area contributed by atoms with E-state index in [1.165, 1.54) is 0 Å². The third kappa shape index (κ3) is 3.24. The lowest BCUT2D eigenvalue weighted by atomic mass is 10.3. The highest BCUT2D eigenvalue weighted by molar-refractivity contribution is 7.22. The number of hydrogen-bond acceptors (Lipinski definition) is 6. The SMILES string of the molecule is O=C(Cn1cc(Nc2nc3ccccc3s2)cn1)N1CCOCC1. The number of carbonyl (C=O) groups is 1. The molecule has 0 saturated carbocycles. The van der Waals surface area contributed by atoms with Crippen molar-refractivity contribution in [1.82, 2.24) is 19.7 Å². The highest BCUT2D eigenvalue weighted by Gasteiger charge is 2.17. The molecule has 3 heterocycles. The number of carbonyl (C=O) groups excluding carboxylic acids is 1. The van der Waals surface area contributed by atoms with Crippen molar-refractivity contribution in [3.8, 4) is 0 Å². The topological polar surface area (TPSA) is 72.3 Å². The van der Waals surface area contributed by atoms with Crippen molar-refractivity contribution >= 4 is 38.3 Å². The van der Waals surface area contributed by atoms with E-state index in [9.17, 15) is 4.79 Å². The Hall–Kier alpha value is -2.45. The van der Waals surface area contributed by atoms with Crippen LogP contribution in [0.5, 0.6) is 0 Å². The standard InChI is InChI=1S/C16H17N5O2S/c22-15(20-5-7-23-8-6-20)11-21-10-12(9-17-21)18-16-19-13-3-1-2-4-14(13)24-16/h1-4,9-10H,5-8,11H2,(H,18,19). The molecule has 0 aliphatic carbocycles. The first-order valence-corrected chi connectivity index (χ1v) is 8.60. The highest BCUT2D eigenvalue weighted by atomic mass is 32.1. The molecule has 1 aliphatic rings. The summed E-state index contributed by atoms with van der Waals surface area (Å²) in [5.74, 6) is 0.0629. The van der Waals surface area contributed by atoms with Gasteiger partial charge in [0.2, 0.25) is 5.91 Å². The van der Waals surface area contributed by atoms with Crippen LogP contribution < -0.4 is 5.32 Å². The zero-order valence-corrected chi connectivity index (χ0v) is 13.8. The first-order chi connectivity index (χ1) is 11.8. The maximum atomic E-state index is 12.2. The number of morpholine rings is 1. The van der Waals surface area contributed by atoms with Crippen LogP contribution in [0, 0.1) is 0 Å².